The van der Waals surface area contributed by atoms with Crippen LogP contribution in [0.2, 0.25) is 0 Å². The Balaban J connectivity index is 1.50. The number of sulfonamides is 1. The van der Waals surface area contributed by atoms with Gasteiger partial charge in [0.1, 0.15) is 5.82 Å². The van der Waals surface area contributed by atoms with E-state index < -0.39 is 27.7 Å². The minimum absolute atomic E-state index is 0.0358. The van der Waals surface area contributed by atoms with Crippen LogP contribution in [-0.2, 0) is 26.2 Å². The number of methoxy groups -OCH3 is 1. The number of carbonyl (C=O) groups excluding carboxylic acids is 2. The van der Waals surface area contributed by atoms with E-state index >= 15 is 0 Å². The van der Waals surface area contributed by atoms with Crippen LogP contribution in [0.3, 0.4) is 0 Å². The number of amides is 2. The maximum atomic E-state index is 14.0. The Bertz CT molecular complexity index is 1590. The molecule has 0 saturated heterocycles. The van der Waals surface area contributed by atoms with Crippen LogP contribution in [0, 0.1) is 5.82 Å². The fraction of sp³-hybridized carbons (Fsp3) is 0.130. The van der Waals surface area contributed by atoms with E-state index in [1.165, 1.54) is 24.9 Å². The zero-order chi connectivity index (χ0) is 28.0. The summed E-state index contributed by atoms with van der Waals surface area (Å²) in [7, 11) is -2.07. The van der Waals surface area contributed by atoms with Crippen LogP contribution in [0.5, 0.6) is 17.2 Å². The van der Waals surface area contributed by atoms with Gasteiger partial charge in [-0.25, -0.2) is 27.5 Å². The third-order valence-electron chi connectivity index (χ3n) is 4.73. The van der Waals surface area contributed by atoms with Crippen LogP contribution in [0.4, 0.5) is 15.2 Å². The number of hydrogen-bond acceptors (Lipinski definition) is 10. The molecule has 0 aliphatic carbocycles. The molecule has 4 N–H and O–H groups in total. The maximum Gasteiger partial charge on any atom is 0.315 e. The average molecular weight is 593 g/mol. The number of carbonyl (C=O) groups is 2. The van der Waals surface area contributed by atoms with Crippen molar-refractivity contribution in [3.8, 4) is 17.2 Å². The summed E-state index contributed by atoms with van der Waals surface area (Å²) in [5.41, 5.74) is 0.363. The van der Waals surface area contributed by atoms with Crippen molar-refractivity contribution in [2.45, 2.75) is 15.9 Å². The summed E-state index contributed by atoms with van der Waals surface area (Å²) in [6.07, 6.45) is 4.17. The molecule has 0 radical (unpaired) electrons. The summed E-state index contributed by atoms with van der Waals surface area (Å²) in [5, 5.41) is 5.38. The monoisotopic (exact) mass is 592 g/mol. The number of aromatic nitrogens is 3. The smallest absolute Gasteiger partial charge is 0.315 e. The molecule has 0 aliphatic rings. The molecular formula is C23H21FN6O6S3. The van der Waals surface area contributed by atoms with Gasteiger partial charge in [-0.05, 0) is 36.0 Å². The molecule has 4 aromatic rings. The summed E-state index contributed by atoms with van der Waals surface area (Å²) in [6, 6.07) is 10.1. The van der Waals surface area contributed by atoms with Crippen LogP contribution in [0.15, 0.2) is 64.2 Å². The fourth-order valence-corrected chi connectivity index (χ4v) is 5.42. The van der Waals surface area contributed by atoms with Gasteiger partial charge in [-0.3, -0.25) is 14.9 Å². The second kappa shape index (κ2) is 12.2. The van der Waals surface area contributed by atoms with E-state index in [1.807, 2.05) is 0 Å². The van der Waals surface area contributed by atoms with Crippen molar-refractivity contribution in [1.82, 2.24) is 19.7 Å². The van der Waals surface area contributed by atoms with E-state index in [4.69, 9.17) is 9.47 Å². The number of thiazole rings is 1. The van der Waals surface area contributed by atoms with Crippen molar-refractivity contribution >= 4 is 55.8 Å². The van der Waals surface area contributed by atoms with Gasteiger partial charge in [-0.15, -0.1) is 0 Å². The first-order chi connectivity index (χ1) is 18.6. The highest BCUT2D eigenvalue weighted by molar-refractivity contribution is 8.01. The maximum absolute atomic E-state index is 14.0. The second-order valence-corrected chi connectivity index (χ2v) is 11.7. The normalized spacial score (nSPS) is 11.2. The number of halogens is 1. The summed E-state index contributed by atoms with van der Waals surface area (Å²) >= 11 is 2.21. The van der Waals surface area contributed by atoms with Gasteiger partial charge in [0.2, 0.25) is 10.0 Å². The molecule has 2 amide bonds. The summed E-state index contributed by atoms with van der Waals surface area (Å²) in [5.74, 6) is -2.16. The molecule has 12 nitrogen and oxygen atoms in total. The quantitative estimate of drug-likeness (QED) is 0.202. The van der Waals surface area contributed by atoms with Crippen LogP contribution < -0.4 is 24.8 Å². The molecule has 0 spiro atoms. The average Bonchev–Trinajstić information content (AvgIpc) is 3.54. The third kappa shape index (κ3) is 7.76. The van der Waals surface area contributed by atoms with Gasteiger partial charge < -0.3 is 19.8 Å². The van der Waals surface area contributed by atoms with Crippen LogP contribution in [-0.4, -0.2) is 48.5 Å². The van der Waals surface area contributed by atoms with E-state index in [-0.39, 0.29) is 28.9 Å². The highest BCUT2D eigenvalue weighted by Crippen LogP contribution is 2.37. The first-order valence-electron chi connectivity index (χ1n) is 11.0. The van der Waals surface area contributed by atoms with Gasteiger partial charge >= 0.3 is 11.8 Å². The number of imidazole rings is 1. The predicted molar refractivity (Wildman–Crippen MR) is 143 cm³/mol. The highest BCUT2D eigenvalue weighted by Gasteiger charge is 2.21. The lowest BCUT2D eigenvalue weighted by atomic mass is 10.2. The lowest BCUT2D eigenvalue weighted by Gasteiger charge is -2.14. The molecule has 2 heterocycles. The third-order valence-corrected chi connectivity index (χ3v) is 7.55. The van der Waals surface area contributed by atoms with E-state index in [1.54, 1.807) is 36.7 Å². The Labute approximate surface area is 230 Å². The van der Waals surface area contributed by atoms with Gasteiger partial charge in [0.05, 0.1) is 35.5 Å². The van der Waals surface area contributed by atoms with Crippen LogP contribution in [0.25, 0.3) is 0 Å². The Kier molecular flexibility index (Phi) is 8.80. The molecule has 204 valence electrons. The van der Waals surface area contributed by atoms with Gasteiger partial charge in [0.15, 0.2) is 27.5 Å². The molecule has 16 heteroatoms. The van der Waals surface area contributed by atoms with Crippen molar-refractivity contribution in [3.63, 3.8) is 0 Å². The van der Waals surface area contributed by atoms with Crippen molar-refractivity contribution in [1.29, 1.82) is 0 Å². The molecule has 2 aromatic carbocycles. The van der Waals surface area contributed by atoms with E-state index in [2.05, 4.69) is 30.3 Å². The van der Waals surface area contributed by atoms with Crippen molar-refractivity contribution < 1.29 is 31.9 Å². The number of anilines is 2. The number of hydrogen-bond donors (Lipinski definition) is 4. The molecule has 2 aromatic heterocycles. The predicted octanol–water partition coefficient (Wildman–Crippen LogP) is 3.58. The molecule has 4 rings (SSSR count). The van der Waals surface area contributed by atoms with Crippen LogP contribution in [0.1, 0.15) is 5.69 Å². The van der Waals surface area contributed by atoms with E-state index in [0.29, 0.717) is 20.8 Å². The first kappa shape index (κ1) is 28.0. The number of nitrogens with one attached hydrogen (secondary N) is 4. The first-order valence-corrected chi connectivity index (χ1v) is 14.5. The molecule has 0 aliphatic heterocycles. The van der Waals surface area contributed by atoms with E-state index in [9.17, 15) is 22.4 Å². The molecule has 39 heavy (non-hydrogen) atoms. The zero-order valence-electron chi connectivity index (χ0n) is 20.3. The summed E-state index contributed by atoms with van der Waals surface area (Å²) in [6.45, 7) is -0.139. The number of H-pyrrole nitrogens is 1. The minimum Gasteiger partial charge on any atom is -0.493 e. The fourth-order valence-electron chi connectivity index (χ4n) is 3.01. The second-order valence-electron chi connectivity index (χ2n) is 7.64. The highest BCUT2D eigenvalue weighted by atomic mass is 32.2. The molecule has 0 bridgehead atoms. The zero-order valence-corrected chi connectivity index (χ0v) is 22.8. The van der Waals surface area contributed by atoms with E-state index in [0.717, 1.165) is 29.7 Å². The number of aromatic amines is 1. The van der Waals surface area contributed by atoms with Gasteiger partial charge in [0.25, 0.3) is 0 Å². The molecule has 0 fully saturated rings. The van der Waals surface area contributed by atoms with Crippen LogP contribution >= 0.6 is 23.1 Å². The molecule has 0 atom stereocenters. The summed E-state index contributed by atoms with van der Waals surface area (Å²) < 4.78 is 50.9. The number of nitrogens with zero attached hydrogens (tertiary/aromatic N) is 2. The Morgan fingerprint density at radius 2 is 1.85 bits per heavy atom. The molecule has 0 unspecified atom stereocenters. The number of benzene rings is 2. The molecular weight excluding hydrogens is 571 g/mol. The summed E-state index contributed by atoms with van der Waals surface area (Å²) in [4.78, 5) is 36.7. The lowest BCUT2D eigenvalue weighted by molar-refractivity contribution is -0.133. The largest absolute Gasteiger partial charge is 0.493 e. The van der Waals surface area contributed by atoms with Crippen molar-refractivity contribution in [3.05, 3.63) is 66.4 Å². The topological polar surface area (TPSA) is 164 Å². The number of rotatable bonds is 10. The standard InChI is InChI=1S/C23H21FN6O6S3/c1-35-16-5-3-4-6-17(16)36-18-11-13(24)7-8-14(18)28-19(31)20(32)30-23-29-15(12-27-39(2,33)34)21(38-23)37-22-25-9-10-26-22/h3-11,27H,12H2,1-2H3,(H,25,26)(H,28,31)(H,29,30,32). The Morgan fingerprint density at radius 3 is 2.54 bits per heavy atom. The Morgan fingerprint density at radius 1 is 1.10 bits per heavy atom. The van der Waals surface area contributed by atoms with Gasteiger partial charge in [-0.2, -0.15) is 0 Å². The Hall–Kier alpha value is -3.99. The van der Waals surface area contributed by atoms with Gasteiger partial charge in [0, 0.05) is 18.5 Å². The van der Waals surface area contributed by atoms with Gasteiger partial charge in [-0.1, -0.05) is 23.5 Å². The van der Waals surface area contributed by atoms with Crippen molar-refractivity contribution in [2.24, 2.45) is 0 Å². The SMILES string of the molecule is COc1ccccc1Oc1cc(F)ccc1NC(=O)C(=O)Nc1nc(CNS(C)(=O)=O)c(Sc2ncc[nH]2)s1. The lowest BCUT2D eigenvalue weighted by Crippen LogP contribution is -2.29. The minimum atomic E-state index is -3.51. The van der Waals surface area contributed by atoms with Crippen molar-refractivity contribution in [2.75, 3.05) is 24.0 Å². The molecule has 0 saturated carbocycles. The number of para-hydroxylation sites is 2. The number of ether oxygens (including phenoxy) is 2.